The minimum atomic E-state index is -3.98. The molecule has 4 aromatic rings. The summed E-state index contributed by atoms with van der Waals surface area (Å²) in [4.78, 5) is 10.9. The van der Waals surface area contributed by atoms with Gasteiger partial charge in [0, 0.05) is 17.7 Å². The second-order valence-electron chi connectivity index (χ2n) is 7.51. The van der Waals surface area contributed by atoms with Gasteiger partial charge in [-0.25, -0.2) is 18.4 Å². The van der Waals surface area contributed by atoms with Crippen molar-refractivity contribution in [2.24, 2.45) is 0 Å². The summed E-state index contributed by atoms with van der Waals surface area (Å²) in [6.07, 6.45) is 0.798. The van der Waals surface area contributed by atoms with Crippen LogP contribution in [0.2, 0.25) is 0 Å². The number of aromatic nitrogens is 3. The van der Waals surface area contributed by atoms with Crippen LogP contribution in [0.25, 0.3) is 22.3 Å². The Balaban J connectivity index is 1.72. The summed E-state index contributed by atoms with van der Waals surface area (Å²) < 4.78 is 26.4. The van der Waals surface area contributed by atoms with Gasteiger partial charge >= 0.3 is 0 Å². The zero-order valence-electron chi connectivity index (χ0n) is 17.6. The van der Waals surface area contributed by atoms with E-state index in [1.807, 2.05) is 37.3 Å². The third kappa shape index (κ3) is 3.97. The Morgan fingerprint density at radius 3 is 2.42 bits per heavy atom. The highest BCUT2D eigenvalue weighted by molar-refractivity contribution is 7.89. The molecule has 0 atom stereocenters. The van der Waals surface area contributed by atoms with Gasteiger partial charge in [0.05, 0.1) is 11.4 Å². The Hall–Kier alpha value is -3.07. The van der Waals surface area contributed by atoms with Gasteiger partial charge in [-0.05, 0) is 42.7 Å². The molecule has 0 saturated heterocycles. The average molecular weight is 437 g/mol. The Bertz CT molecular complexity index is 1360. The number of hydrogen-bond donors (Lipinski definition) is 2. The first-order valence-corrected chi connectivity index (χ1v) is 11.5. The molecule has 0 unspecified atom stereocenters. The molecule has 0 radical (unpaired) electrons. The van der Waals surface area contributed by atoms with Crippen molar-refractivity contribution in [3.8, 4) is 11.1 Å². The summed E-state index contributed by atoms with van der Waals surface area (Å²) in [6.45, 7) is 6.73. The van der Waals surface area contributed by atoms with Crippen LogP contribution in [0.15, 0.2) is 59.5 Å². The van der Waals surface area contributed by atoms with Crippen molar-refractivity contribution >= 4 is 21.2 Å². The molecule has 4 rings (SSSR count). The molecule has 0 aliphatic rings. The molecule has 2 heterocycles. The maximum absolute atomic E-state index is 12.1. The van der Waals surface area contributed by atoms with Crippen LogP contribution in [0.1, 0.15) is 29.6 Å². The molecule has 0 saturated carbocycles. The van der Waals surface area contributed by atoms with Crippen LogP contribution >= 0.6 is 0 Å². The molecule has 0 amide bonds. The van der Waals surface area contributed by atoms with Crippen molar-refractivity contribution in [2.75, 3.05) is 0 Å². The van der Waals surface area contributed by atoms with Crippen LogP contribution < -0.4 is 4.89 Å². The number of hydrogen-bond acceptors (Lipinski definition) is 5. The molecule has 160 valence electrons. The molecule has 7 nitrogen and oxygen atoms in total. The van der Waals surface area contributed by atoms with Crippen molar-refractivity contribution in [3.05, 3.63) is 77.2 Å². The Morgan fingerprint density at radius 1 is 1.03 bits per heavy atom. The Morgan fingerprint density at radius 2 is 1.74 bits per heavy atom. The maximum atomic E-state index is 12.1. The number of pyridine rings is 1. The quantitative estimate of drug-likeness (QED) is 0.446. The highest BCUT2D eigenvalue weighted by Gasteiger charge is 2.18. The van der Waals surface area contributed by atoms with E-state index in [9.17, 15) is 8.42 Å². The zero-order chi connectivity index (χ0) is 22.2. The lowest BCUT2D eigenvalue weighted by Gasteiger charge is -2.11. The van der Waals surface area contributed by atoms with Gasteiger partial charge in [0.1, 0.15) is 11.3 Å². The highest BCUT2D eigenvalue weighted by Crippen LogP contribution is 2.28. The summed E-state index contributed by atoms with van der Waals surface area (Å²) in [5.41, 5.74) is 6.19. The van der Waals surface area contributed by atoms with Gasteiger partial charge < -0.3 is 9.77 Å². The van der Waals surface area contributed by atoms with Crippen LogP contribution in [0.4, 0.5) is 0 Å². The number of aryl methyl sites for hydroxylation is 3. The molecular formula is C23H24N4O3S. The summed E-state index contributed by atoms with van der Waals surface area (Å²) in [7, 11) is -3.98. The monoisotopic (exact) mass is 436 g/mol. The molecular weight excluding hydrogens is 412 g/mol. The number of imidazole rings is 1. The van der Waals surface area contributed by atoms with Gasteiger partial charge in [-0.15, -0.1) is 0 Å². The fourth-order valence-electron chi connectivity index (χ4n) is 3.85. The molecule has 0 bridgehead atoms. The largest absolute Gasteiger partial charge is 0.308 e. The van der Waals surface area contributed by atoms with E-state index >= 15 is 0 Å². The van der Waals surface area contributed by atoms with E-state index in [4.69, 9.17) is 15.2 Å². The number of sulfonamides is 1. The smallest absolute Gasteiger partial charge is 0.262 e. The highest BCUT2D eigenvalue weighted by atomic mass is 32.2. The van der Waals surface area contributed by atoms with E-state index < -0.39 is 10.0 Å². The number of nitrogens with zero attached hydrogens (tertiary/aromatic N) is 3. The lowest BCUT2D eigenvalue weighted by molar-refractivity contribution is 0.242. The maximum Gasteiger partial charge on any atom is 0.262 e. The van der Waals surface area contributed by atoms with Crippen molar-refractivity contribution in [3.63, 3.8) is 0 Å². The topological polar surface area (TPSA) is 97.1 Å². The van der Waals surface area contributed by atoms with Gasteiger partial charge in [-0.1, -0.05) is 54.3 Å². The zero-order valence-corrected chi connectivity index (χ0v) is 18.4. The van der Waals surface area contributed by atoms with E-state index in [1.54, 1.807) is 18.2 Å². The summed E-state index contributed by atoms with van der Waals surface area (Å²) >= 11 is 0. The molecule has 0 aliphatic heterocycles. The normalized spacial score (nSPS) is 11.9. The molecule has 8 heteroatoms. The molecule has 0 spiro atoms. The van der Waals surface area contributed by atoms with Crippen molar-refractivity contribution in [1.29, 1.82) is 0 Å². The summed E-state index contributed by atoms with van der Waals surface area (Å²) in [5.74, 6) is 0.978. The van der Waals surface area contributed by atoms with Crippen molar-refractivity contribution < 1.29 is 13.6 Å². The first-order valence-electron chi connectivity index (χ1n) is 10.0. The number of nitrogens with one attached hydrogen (secondary N) is 1. The summed E-state index contributed by atoms with van der Waals surface area (Å²) in [5, 5.41) is 9.03. The van der Waals surface area contributed by atoms with Gasteiger partial charge in [-0.2, -0.15) is 0 Å². The lowest BCUT2D eigenvalue weighted by Crippen LogP contribution is -2.20. The third-order valence-electron chi connectivity index (χ3n) is 5.32. The third-order valence-corrected chi connectivity index (χ3v) is 6.50. The fourth-order valence-corrected chi connectivity index (χ4v) is 4.68. The lowest BCUT2D eigenvalue weighted by atomic mass is 10.0. The fraction of sp³-hybridized carbons (Fsp3) is 0.217. The Labute approximate surface area is 181 Å². The molecule has 2 aromatic carbocycles. The van der Waals surface area contributed by atoms with Gasteiger partial charge in [0.25, 0.3) is 10.0 Å². The molecule has 0 aliphatic carbocycles. The van der Waals surface area contributed by atoms with Gasteiger partial charge in [-0.3, -0.25) is 0 Å². The first kappa shape index (κ1) is 21.2. The van der Waals surface area contributed by atoms with Gasteiger partial charge in [0.15, 0.2) is 5.65 Å². The van der Waals surface area contributed by atoms with Gasteiger partial charge in [0.2, 0.25) is 0 Å². The first-order chi connectivity index (χ1) is 14.8. The van der Waals surface area contributed by atoms with Crippen LogP contribution in [0.5, 0.6) is 0 Å². The van der Waals surface area contributed by atoms with Crippen LogP contribution in [-0.2, 0) is 23.0 Å². The second-order valence-corrected chi connectivity index (χ2v) is 9.14. The standard InChI is InChI=1S/C23H24N4O3S/c1-4-21-25-22-15(2)13-16(3)24-23(22)27(21)14-17-9-11-18(12-10-17)19-7-5-6-8-20(19)31(29,30)26-28/h5-13,26,28H,4,14H2,1-3H3. The van der Waals surface area contributed by atoms with Crippen molar-refractivity contribution in [2.45, 2.75) is 38.6 Å². The average Bonchev–Trinajstić information content (AvgIpc) is 3.12. The second kappa shape index (κ2) is 8.22. The Kier molecular flexibility index (Phi) is 5.62. The van der Waals surface area contributed by atoms with E-state index in [0.717, 1.165) is 45.8 Å². The number of rotatable bonds is 6. The SMILES string of the molecule is CCc1nc2c(C)cc(C)nc2n1Cc1ccc(-c2ccccc2S(=O)(=O)NO)cc1. The summed E-state index contributed by atoms with van der Waals surface area (Å²) in [6, 6.07) is 16.3. The minimum Gasteiger partial charge on any atom is -0.308 e. The van der Waals surface area contributed by atoms with E-state index in [0.29, 0.717) is 12.1 Å². The van der Waals surface area contributed by atoms with Crippen LogP contribution in [-0.4, -0.2) is 28.2 Å². The van der Waals surface area contributed by atoms with Crippen LogP contribution in [0, 0.1) is 13.8 Å². The predicted molar refractivity (Wildman–Crippen MR) is 119 cm³/mol. The number of benzene rings is 2. The predicted octanol–water partition coefficient (Wildman–Crippen LogP) is 3.99. The molecule has 2 aromatic heterocycles. The molecule has 2 N–H and O–H groups in total. The molecule has 0 fully saturated rings. The van der Waals surface area contributed by atoms with E-state index in [2.05, 4.69) is 18.4 Å². The van der Waals surface area contributed by atoms with E-state index in [1.165, 1.54) is 11.0 Å². The van der Waals surface area contributed by atoms with Crippen molar-refractivity contribution in [1.82, 2.24) is 19.4 Å². The van der Waals surface area contributed by atoms with E-state index in [-0.39, 0.29) is 4.90 Å². The minimum absolute atomic E-state index is 0.0225. The number of fused-ring (bicyclic) bond motifs is 1. The molecule has 31 heavy (non-hydrogen) atoms. The van der Waals surface area contributed by atoms with Crippen LogP contribution in [0.3, 0.4) is 0 Å².